The van der Waals surface area contributed by atoms with E-state index in [1.165, 1.54) is 23.5 Å². The summed E-state index contributed by atoms with van der Waals surface area (Å²) < 4.78 is 20.3. The lowest BCUT2D eigenvalue weighted by atomic mass is 10.2. The fraction of sp³-hybridized carbons (Fsp3) is 0.375. The molecule has 1 aliphatic rings. The zero-order valence-corrected chi connectivity index (χ0v) is 14.1. The minimum atomic E-state index is -0.248. The van der Waals surface area contributed by atoms with Gasteiger partial charge in [0.2, 0.25) is 10.1 Å². The van der Waals surface area contributed by atoms with Crippen molar-refractivity contribution in [2.45, 2.75) is 6.04 Å². The summed E-state index contributed by atoms with van der Waals surface area (Å²) >= 11 is 1.54. The molecule has 2 aromatic heterocycles. The van der Waals surface area contributed by atoms with E-state index in [4.69, 9.17) is 4.74 Å². The molecule has 0 spiro atoms. The Morgan fingerprint density at radius 3 is 2.96 bits per heavy atom. The summed E-state index contributed by atoms with van der Waals surface area (Å²) in [6.07, 6.45) is 1.87. The number of fused-ring (bicyclic) bond motifs is 1. The average Bonchev–Trinajstić information content (AvgIpc) is 3.15. The molecule has 1 saturated heterocycles. The maximum Gasteiger partial charge on any atom is 0.214 e. The van der Waals surface area contributed by atoms with E-state index in [2.05, 4.69) is 20.3 Å². The fourth-order valence-electron chi connectivity index (χ4n) is 2.75. The second-order valence-electron chi connectivity index (χ2n) is 5.85. The minimum Gasteiger partial charge on any atom is -0.378 e. The molecule has 0 bridgehead atoms. The number of rotatable bonds is 4. The highest BCUT2D eigenvalue weighted by molar-refractivity contribution is 7.20. The van der Waals surface area contributed by atoms with Crippen molar-refractivity contribution >= 4 is 21.4 Å². The monoisotopic (exact) mass is 347 g/mol. The maximum atomic E-state index is 13.0. The molecule has 1 aliphatic heterocycles. The number of hydrogen-bond acceptors (Lipinski definition) is 6. The quantitative estimate of drug-likeness (QED) is 0.783. The highest BCUT2D eigenvalue weighted by Crippen LogP contribution is 2.26. The molecule has 126 valence electrons. The predicted molar refractivity (Wildman–Crippen MR) is 92.1 cm³/mol. The van der Waals surface area contributed by atoms with Crippen LogP contribution in [0.2, 0.25) is 0 Å². The molecule has 6 nitrogen and oxygen atoms in total. The Morgan fingerprint density at radius 2 is 2.25 bits per heavy atom. The maximum absolute atomic E-state index is 13.0. The normalized spacial score (nSPS) is 18.2. The van der Waals surface area contributed by atoms with E-state index in [0.29, 0.717) is 6.04 Å². The van der Waals surface area contributed by atoms with Gasteiger partial charge in [-0.25, -0.2) is 13.9 Å². The molecule has 0 saturated carbocycles. The second kappa shape index (κ2) is 6.46. The van der Waals surface area contributed by atoms with Gasteiger partial charge in [0.25, 0.3) is 0 Å². The molecule has 3 heterocycles. The Bertz CT molecular complexity index is 793. The lowest BCUT2D eigenvalue weighted by Gasteiger charge is -2.27. The summed E-state index contributed by atoms with van der Waals surface area (Å²) in [4.78, 5) is 7.53. The smallest absolute Gasteiger partial charge is 0.214 e. The Hall–Kier alpha value is -2.03. The van der Waals surface area contributed by atoms with Crippen LogP contribution in [0.25, 0.3) is 16.2 Å². The number of ether oxygens (including phenoxy) is 1. The zero-order valence-electron chi connectivity index (χ0n) is 13.3. The van der Waals surface area contributed by atoms with Crippen LogP contribution in [0.4, 0.5) is 9.52 Å². The Labute approximate surface area is 142 Å². The molecule has 0 aliphatic carbocycles. The van der Waals surface area contributed by atoms with Gasteiger partial charge in [-0.05, 0) is 24.3 Å². The second-order valence-corrected chi connectivity index (χ2v) is 6.79. The number of nitrogens with zero attached hydrogens (tertiary/aromatic N) is 4. The van der Waals surface area contributed by atoms with E-state index in [-0.39, 0.29) is 5.82 Å². The van der Waals surface area contributed by atoms with Crippen molar-refractivity contribution in [2.24, 2.45) is 0 Å². The van der Waals surface area contributed by atoms with Gasteiger partial charge in [-0.1, -0.05) is 11.3 Å². The number of benzene rings is 1. The third kappa shape index (κ3) is 3.12. The van der Waals surface area contributed by atoms with Gasteiger partial charge in [-0.3, -0.25) is 0 Å². The van der Waals surface area contributed by atoms with Crippen molar-refractivity contribution in [3.05, 3.63) is 36.3 Å². The third-order valence-electron chi connectivity index (χ3n) is 3.99. The number of nitrogens with one attached hydrogen (secondary N) is 1. The molecular formula is C16H18FN5OS. The van der Waals surface area contributed by atoms with E-state index in [1.54, 1.807) is 16.6 Å². The summed E-state index contributed by atoms with van der Waals surface area (Å²) in [5.74, 6) is -0.248. The molecular weight excluding hydrogens is 329 g/mol. The number of aromatic nitrogens is 3. The molecule has 1 unspecified atom stereocenters. The summed E-state index contributed by atoms with van der Waals surface area (Å²) in [6, 6.07) is 6.64. The van der Waals surface area contributed by atoms with E-state index in [9.17, 15) is 4.39 Å². The summed E-state index contributed by atoms with van der Waals surface area (Å²) in [6.45, 7) is 3.22. The van der Waals surface area contributed by atoms with Gasteiger partial charge >= 0.3 is 0 Å². The largest absolute Gasteiger partial charge is 0.378 e. The fourth-order valence-corrected chi connectivity index (χ4v) is 3.60. The molecule has 1 atom stereocenters. The van der Waals surface area contributed by atoms with E-state index < -0.39 is 0 Å². The highest BCUT2D eigenvalue weighted by atomic mass is 32.1. The average molecular weight is 347 g/mol. The number of halogens is 1. The predicted octanol–water partition coefficient (Wildman–Crippen LogP) is 2.02. The van der Waals surface area contributed by atoms with Gasteiger partial charge in [0.15, 0.2) is 0 Å². The molecule has 4 rings (SSSR count). The van der Waals surface area contributed by atoms with Gasteiger partial charge in [0, 0.05) is 31.7 Å². The first-order valence-electron chi connectivity index (χ1n) is 7.83. The van der Waals surface area contributed by atoms with Gasteiger partial charge in [-0.2, -0.15) is 0 Å². The number of morpholine rings is 1. The molecule has 8 heteroatoms. The standard InChI is InChI=1S/C16H18FN5OS/c1-21(8-13-10-23-7-6-18-13)16-20-22-9-14(19-15(22)24-16)11-2-4-12(17)5-3-11/h2-5,9,13,18H,6-8,10H2,1H3. The van der Waals surface area contributed by atoms with Crippen molar-refractivity contribution in [2.75, 3.05) is 38.3 Å². The van der Waals surface area contributed by atoms with Crippen LogP contribution in [-0.2, 0) is 4.74 Å². The number of likely N-dealkylation sites (N-methyl/N-ethyl adjacent to an activating group) is 1. The topological polar surface area (TPSA) is 54.7 Å². The molecule has 1 aromatic carbocycles. The molecule has 0 radical (unpaired) electrons. The van der Waals surface area contributed by atoms with Crippen LogP contribution >= 0.6 is 11.3 Å². The number of imidazole rings is 1. The third-order valence-corrected chi connectivity index (χ3v) is 5.03. The SMILES string of the molecule is CN(CC1COCCN1)c1nn2cc(-c3ccc(F)cc3)nc2s1. The Balaban J connectivity index is 1.51. The van der Waals surface area contributed by atoms with E-state index in [0.717, 1.165) is 47.7 Å². The van der Waals surface area contributed by atoms with Crippen molar-refractivity contribution in [3.8, 4) is 11.3 Å². The number of hydrogen-bond donors (Lipinski definition) is 1. The number of anilines is 1. The van der Waals surface area contributed by atoms with Crippen LogP contribution in [0.5, 0.6) is 0 Å². The van der Waals surface area contributed by atoms with Crippen LogP contribution in [0, 0.1) is 5.82 Å². The Morgan fingerprint density at radius 1 is 1.42 bits per heavy atom. The van der Waals surface area contributed by atoms with Crippen LogP contribution in [-0.4, -0.2) is 54.0 Å². The molecule has 24 heavy (non-hydrogen) atoms. The molecule has 0 amide bonds. The van der Waals surface area contributed by atoms with Gasteiger partial charge < -0.3 is 15.0 Å². The lowest BCUT2D eigenvalue weighted by Crippen LogP contribution is -2.47. The van der Waals surface area contributed by atoms with Crippen molar-refractivity contribution < 1.29 is 9.13 Å². The van der Waals surface area contributed by atoms with Crippen LogP contribution < -0.4 is 10.2 Å². The van der Waals surface area contributed by atoms with Crippen LogP contribution in [0.1, 0.15) is 0 Å². The first-order valence-corrected chi connectivity index (χ1v) is 8.65. The lowest BCUT2D eigenvalue weighted by molar-refractivity contribution is 0.0791. The van der Waals surface area contributed by atoms with Gasteiger partial charge in [0.05, 0.1) is 25.1 Å². The Kier molecular flexibility index (Phi) is 4.17. The molecule has 3 aromatic rings. The zero-order chi connectivity index (χ0) is 16.5. The molecule has 1 fully saturated rings. The van der Waals surface area contributed by atoms with Crippen LogP contribution in [0.15, 0.2) is 30.5 Å². The van der Waals surface area contributed by atoms with Gasteiger partial charge in [-0.15, -0.1) is 5.10 Å². The summed E-state index contributed by atoms with van der Waals surface area (Å²) in [5, 5.41) is 8.95. The van der Waals surface area contributed by atoms with E-state index in [1.807, 2.05) is 13.2 Å². The summed E-state index contributed by atoms with van der Waals surface area (Å²) in [7, 11) is 2.02. The van der Waals surface area contributed by atoms with Gasteiger partial charge in [0.1, 0.15) is 5.82 Å². The summed E-state index contributed by atoms with van der Waals surface area (Å²) in [5.41, 5.74) is 1.68. The first-order chi connectivity index (χ1) is 11.7. The molecule has 1 N–H and O–H groups in total. The van der Waals surface area contributed by atoms with E-state index >= 15 is 0 Å². The van der Waals surface area contributed by atoms with Crippen molar-refractivity contribution in [3.63, 3.8) is 0 Å². The van der Waals surface area contributed by atoms with Crippen molar-refractivity contribution in [1.29, 1.82) is 0 Å². The highest BCUT2D eigenvalue weighted by Gasteiger charge is 2.18. The minimum absolute atomic E-state index is 0.248. The van der Waals surface area contributed by atoms with Crippen molar-refractivity contribution in [1.82, 2.24) is 19.9 Å². The first kappa shape index (κ1) is 15.5. The van der Waals surface area contributed by atoms with Crippen LogP contribution in [0.3, 0.4) is 0 Å².